The normalized spacial score (nSPS) is 32.2. The highest BCUT2D eigenvalue weighted by atomic mass is 28.4. The maximum Gasteiger partial charge on any atom is 0.392 e. The maximum atomic E-state index is 14.0. The maximum absolute atomic E-state index is 14.0. The molecule has 6 heteroatoms. The van der Waals surface area contributed by atoms with Gasteiger partial charge in [0.25, 0.3) is 14.3 Å². The largest absolute Gasteiger partial charge is 0.518 e. The molecule has 1 radical (unpaired) electrons. The van der Waals surface area contributed by atoms with Crippen molar-refractivity contribution in [1.82, 2.24) is 0 Å². The number of hydrogen-bond donors (Lipinski definition) is 0. The van der Waals surface area contributed by atoms with E-state index < -0.39 is 23.0 Å². The van der Waals surface area contributed by atoms with E-state index in [9.17, 15) is 4.79 Å². The fourth-order valence-electron chi connectivity index (χ4n) is 6.77. The summed E-state index contributed by atoms with van der Waals surface area (Å²) < 4.78 is 19.2. The minimum absolute atomic E-state index is 0.0385. The summed E-state index contributed by atoms with van der Waals surface area (Å²) in [7, 11) is -3.85. The second-order valence-corrected chi connectivity index (χ2v) is 18.1. The molecule has 0 aromatic heterocycles. The molecule has 2 aliphatic carbocycles. The Morgan fingerprint density at radius 3 is 1.83 bits per heavy atom. The van der Waals surface area contributed by atoms with Crippen LogP contribution < -0.4 is 0 Å². The highest BCUT2D eigenvalue weighted by Crippen LogP contribution is 2.73. The van der Waals surface area contributed by atoms with Crippen LogP contribution >= 0.6 is 0 Å². The van der Waals surface area contributed by atoms with E-state index in [-0.39, 0.29) is 11.0 Å². The van der Waals surface area contributed by atoms with Crippen LogP contribution in [0.25, 0.3) is 0 Å². The molecule has 0 aromatic rings. The molecular weight excluding hydrogens is 396 g/mol. The zero-order valence-electron chi connectivity index (χ0n) is 20.6. The molecule has 2 bridgehead atoms. The Kier molecular flexibility index (Phi) is 7.90. The van der Waals surface area contributed by atoms with E-state index in [1.165, 1.54) is 0 Å². The first kappa shape index (κ1) is 25.1. The number of fused-ring (bicyclic) bond motifs is 2. The van der Waals surface area contributed by atoms with Crippen LogP contribution in [0.1, 0.15) is 88.5 Å². The Morgan fingerprint density at radius 2 is 1.45 bits per heavy atom. The molecule has 2 saturated carbocycles. The van der Waals surface area contributed by atoms with Gasteiger partial charge in [0.1, 0.15) is 0 Å². The van der Waals surface area contributed by atoms with Crippen LogP contribution in [-0.2, 0) is 18.1 Å². The first-order chi connectivity index (χ1) is 13.4. The molecule has 0 N–H and O–H groups in total. The number of carbonyl (C=O) groups is 1. The second kappa shape index (κ2) is 9.13. The lowest BCUT2D eigenvalue weighted by Gasteiger charge is -2.49. The van der Waals surface area contributed by atoms with E-state index in [0.717, 1.165) is 19.3 Å². The zero-order chi connectivity index (χ0) is 22.2. The van der Waals surface area contributed by atoms with Crippen molar-refractivity contribution in [2.24, 2.45) is 17.3 Å². The van der Waals surface area contributed by atoms with Gasteiger partial charge in [0, 0.05) is 18.3 Å². The predicted octanol–water partition coefficient (Wildman–Crippen LogP) is 6.46. The van der Waals surface area contributed by atoms with Gasteiger partial charge in [-0.2, -0.15) is 0 Å². The zero-order valence-corrected chi connectivity index (χ0v) is 22.6. The first-order valence-electron chi connectivity index (χ1n) is 11.8. The van der Waals surface area contributed by atoms with Crippen LogP contribution in [0, 0.1) is 17.3 Å². The smallest absolute Gasteiger partial charge is 0.392 e. The monoisotopic (exact) mass is 441 g/mol. The van der Waals surface area contributed by atoms with Crippen LogP contribution in [0.4, 0.5) is 0 Å². The van der Waals surface area contributed by atoms with Crippen LogP contribution in [-0.4, -0.2) is 36.8 Å². The summed E-state index contributed by atoms with van der Waals surface area (Å²) in [5.74, 6) is 1.23. The molecule has 2 rings (SSSR count). The van der Waals surface area contributed by atoms with Gasteiger partial charge >= 0.3 is 9.28 Å². The molecule has 0 saturated heterocycles. The summed E-state index contributed by atoms with van der Waals surface area (Å²) in [5.41, 5.74) is 0.686. The number of rotatable bonds is 10. The molecule has 0 amide bonds. The lowest BCUT2D eigenvalue weighted by atomic mass is 9.71. The Balaban J connectivity index is 2.46. The average Bonchev–Trinajstić information content (AvgIpc) is 3.10. The third kappa shape index (κ3) is 3.92. The van der Waals surface area contributed by atoms with Crippen molar-refractivity contribution >= 4 is 23.6 Å². The summed E-state index contributed by atoms with van der Waals surface area (Å²) in [5, 5.41) is -0.185. The predicted molar refractivity (Wildman–Crippen MR) is 123 cm³/mol. The van der Waals surface area contributed by atoms with E-state index in [0.29, 0.717) is 41.7 Å². The van der Waals surface area contributed by atoms with Crippen LogP contribution in [0.2, 0.25) is 21.7 Å². The van der Waals surface area contributed by atoms with Gasteiger partial charge in [-0.25, -0.2) is 0 Å². The standard InChI is InChI=1S/C23H45O4Si2/c1-11-25-28(26-12-2)23-13-19(9)20(15-23)14-22(23,10)21(24)27-29(16(3)4,17(5)6)18(7)8/h16-20H,11-15H2,1-10H3. The van der Waals surface area contributed by atoms with Crippen LogP contribution in [0.5, 0.6) is 0 Å². The highest BCUT2D eigenvalue weighted by molar-refractivity contribution is 6.79. The fraction of sp³-hybridized carbons (Fsp3) is 0.957. The third-order valence-electron chi connectivity index (χ3n) is 8.18. The van der Waals surface area contributed by atoms with Gasteiger partial charge in [0.05, 0.1) is 5.41 Å². The van der Waals surface area contributed by atoms with Crippen molar-refractivity contribution in [3.05, 3.63) is 0 Å². The Bertz CT molecular complexity index is 547. The van der Waals surface area contributed by atoms with Crippen molar-refractivity contribution < 1.29 is 18.1 Å². The van der Waals surface area contributed by atoms with Crippen molar-refractivity contribution in [3.63, 3.8) is 0 Å². The molecule has 4 nitrogen and oxygen atoms in total. The molecule has 0 spiro atoms. The van der Waals surface area contributed by atoms with Gasteiger partial charge in [0.15, 0.2) is 0 Å². The van der Waals surface area contributed by atoms with E-state index in [1.807, 2.05) is 13.8 Å². The molecular formula is C23H45O4Si2. The van der Waals surface area contributed by atoms with E-state index >= 15 is 0 Å². The van der Waals surface area contributed by atoms with E-state index in [1.54, 1.807) is 0 Å². The molecule has 29 heavy (non-hydrogen) atoms. The third-order valence-corrected chi connectivity index (χ3v) is 17.0. The van der Waals surface area contributed by atoms with Gasteiger partial charge < -0.3 is 13.3 Å². The lowest BCUT2D eigenvalue weighted by molar-refractivity contribution is -0.150. The second-order valence-electron chi connectivity index (χ2n) is 10.6. The molecule has 2 aliphatic rings. The quantitative estimate of drug-likeness (QED) is 0.365. The minimum Gasteiger partial charge on any atom is -0.518 e. The number of carbonyl (C=O) groups excluding carboxylic acids is 1. The van der Waals surface area contributed by atoms with Gasteiger partial charge in [-0.15, -0.1) is 0 Å². The Hall–Kier alpha value is -0.176. The van der Waals surface area contributed by atoms with E-state index in [4.69, 9.17) is 13.3 Å². The van der Waals surface area contributed by atoms with E-state index in [2.05, 4.69) is 55.4 Å². The van der Waals surface area contributed by atoms with Crippen molar-refractivity contribution in [1.29, 1.82) is 0 Å². The summed E-state index contributed by atoms with van der Waals surface area (Å²) in [6.07, 6.45) is 2.99. The molecule has 169 valence electrons. The van der Waals surface area contributed by atoms with Gasteiger partial charge in [0.2, 0.25) is 0 Å². The highest BCUT2D eigenvalue weighted by Gasteiger charge is 2.71. The van der Waals surface area contributed by atoms with Crippen molar-refractivity contribution in [2.45, 2.75) is 110 Å². The summed E-state index contributed by atoms with van der Waals surface area (Å²) >= 11 is 0. The first-order valence-corrected chi connectivity index (χ1v) is 15.2. The van der Waals surface area contributed by atoms with Crippen LogP contribution in [0.3, 0.4) is 0 Å². The molecule has 0 heterocycles. The molecule has 0 aliphatic heterocycles. The Morgan fingerprint density at radius 1 is 0.966 bits per heavy atom. The Labute approximate surface area is 182 Å². The molecule has 2 fully saturated rings. The average molecular weight is 442 g/mol. The molecule has 4 atom stereocenters. The molecule has 4 unspecified atom stereocenters. The van der Waals surface area contributed by atoms with Gasteiger partial charge in [-0.3, -0.25) is 4.79 Å². The summed E-state index contributed by atoms with van der Waals surface area (Å²) in [6.45, 7) is 23.3. The molecule has 0 aromatic carbocycles. The summed E-state index contributed by atoms with van der Waals surface area (Å²) in [6, 6.07) is 0. The lowest BCUT2D eigenvalue weighted by Crippen LogP contribution is -2.56. The summed E-state index contributed by atoms with van der Waals surface area (Å²) in [4.78, 5) is 14.0. The van der Waals surface area contributed by atoms with Crippen LogP contribution in [0.15, 0.2) is 0 Å². The van der Waals surface area contributed by atoms with Gasteiger partial charge in [-0.05, 0) is 68.5 Å². The topological polar surface area (TPSA) is 44.8 Å². The fourth-order valence-corrected chi connectivity index (χ4v) is 14.8. The van der Waals surface area contributed by atoms with Gasteiger partial charge in [-0.1, -0.05) is 48.5 Å². The van der Waals surface area contributed by atoms with Crippen molar-refractivity contribution in [3.8, 4) is 0 Å². The van der Waals surface area contributed by atoms with Crippen molar-refractivity contribution in [2.75, 3.05) is 13.2 Å². The number of hydrogen-bond acceptors (Lipinski definition) is 4. The minimum atomic E-state index is -2.27. The SMILES string of the molecule is CCO[Si](OCC)C12CC(C)C(CC1(C)C(=O)O[Si](C(C)C)(C(C)C)C(C)C)C2.